The fourth-order valence-corrected chi connectivity index (χ4v) is 1.73. The van der Waals surface area contributed by atoms with Crippen LogP contribution < -0.4 is 0 Å². The van der Waals surface area contributed by atoms with Crippen molar-refractivity contribution >= 4 is 11.6 Å². The van der Waals surface area contributed by atoms with E-state index in [0.29, 0.717) is 22.4 Å². The van der Waals surface area contributed by atoms with Gasteiger partial charge in [0.05, 0.1) is 16.3 Å². The molecule has 1 aromatic carbocycles. The van der Waals surface area contributed by atoms with Gasteiger partial charge in [0.15, 0.2) is 11.7 Å². The van der Waals surface area contributed by atoms with Gasteiger partial charge in [-0.2, -0.15) is 0 Å². The first-order valence-corrected chi connectivity index (χ1v) is 4.86. The number of oxazole rings is 1. The Bertz CT molecular complexity index is 487. The van der Waals surface area contributed by atoms with E-state index >= 15 is 0 Å². The smallest absolute Gasteiger partial charge is 0.192 e. The summed E-state index contributed by atoms with van der Waals surface area (Å²) in [6.07, 6.45) is 0. The highest BCUT2D eigenvalue weighted by atomic mass is 35.5. The highest BCUT2D eigenvalue weighted by molar-refractivity contribution is 6.33. The fourth-order valence-electron chi connectivity index (χ4n) is 1.48. The Morgan fingerprint density at radius 3 is 2.60 bits per heavy atom. The van der Waals surface area contributed by atoms with Crippen LogP contribution in [0.5, 0.6) is 0 Å². The summed E-state index contributed by atoms with van der Waals surface area (Å²) in [5.74, 6) is 0.499. The number of aromatic nitrogens is 1. The van der Waals surface area contributed by atoms with Crippen molar-refractivity contribution in [1.29, 1.82) is 0 Å². The second-order valence-electron chi connectivity index (χ2n) is 3.24. The minimum atomic E-state index is -0.401. The van der Waals surface area contributed by atoms with Crippen molar-refractivity contribution in [2.24, 2.45) is 0 Å². The fraction of sp³-hybridized carbons (Fsp3) is 0.182. The predicted octanol–water partition coefficient (Wildman–Crippen LogP) is 3.75. The minimum Gasteiger partial charge on any atom is -0.441 e. The summed E-state index contributed by atoms with van der Waals surface area (Å²) in [7, 11) is 0. The quantitative estimate of drug-likeness (QED) is 0.739. The molecule has 0 saturated heterocycles. The minimum absolute atomic E-state index is 0.275. The summed E-state index contributed by atoms with van der Waals surface area (Å²) in [5, 5.41) is 0.328. The molecule has 0 atom stereocenters. The standard InChI is InChI=1S/C11H9ClFNO/c1-6-11(15-7(2)14-6)10-8(12)4-3-5-9(10)13/h3-5H,1-2H3. The van der Waals surface area contributed by atoms with Gasteiger partial charge in [0.25, 0.3) is 0 Å². The number of benzene rings is 1. The lowest BCUT2D eigenvalue weighted by molar-refractivity contribution is 0.528. The zero-order valence-electron chi connectivity index (χ0n) is 8.34. The largest absolute Gasteiger partial charge is 0.441 e. The molecule has 1 aromatic heterocycles. The summed E-state index contributed by atoms with van der Waals surface area (Å²) >= 11 is 5.92. The zero-order chi connectivity index (χ0) is 11.0. The Labute approximate surface area is 91.7 Å². The van der Waals surface area contributed by atoms with Gasteiger partial charge in [-0.1, -0.05) is 17.7 Å². The van der Waals surface area contributed by atoms with E-state index in [4.69, 9.17) is 16.0 Å². The van der Waals surface area contributed by atoms with Crippen LogP contribution in [-0.2, 0) is 0 Å². The lowest BCUT2D eigenvalue weighted by Gasteiger charge is -2.02. The van der Waals surface area contributed by atoms with Gasteiger partial charge in [-0.25, -0.2) is 9.37 Å². The van der Waals surface area contributed by atoms with Crippen molar-refractivity contribution in [3.8, 4) is 11.3 Å². The average molecular weight is 226 g/mol. The van der Waals surface area contributed by atoms with Gasteiger partial charge in [0.1, 0.15) is 5.82 Å². The number of rotatable bonds is 1. The van der Waals surface area contributed by atoms with Crippen LogP contribution >= 0.6 is 11.6 Å². The van der Waals surface area contributed by atoms with E-state index in [0.717, 1.165) is 0 Å². The van der Waals surface area contributed by atoms with Crippen LogP contribution in [0.2, 0.25) is 5.02 Å². The van der Waals surface area contributed by atoms with Gasteiger partial charge in [-0.15, -0.1) is 0 Å². The molecule has 0 saturated carbocycles. The van der Waals surface area contributed by atoms with Crippen molar-refractivity contribution < 1.29 is 8.81 Å². The van der Waals surface area contributed by atoms with Crippen LogP contribution in [0.1, 0.15) is 11.6 Å². The lowest BCUT2D eigenvalue weighted by Crippen LogP contribution is -1.86. The molecule has 2 rings (SSSR count). The SMILES string of the molecule is Cc1nc(C)c(-c2c(F)cccc2Cl)o1. The van der Waals surface area contributed by atoms with E-state index < -0.39 is 5.82 Å². The van der Waals surface area contributed by atoms with E-state index in [1.807, 2.05) is 0 Å². The second kappa shape index (κ2) is 3.66. The Morgan fingerprint density at radius 1 is 1.33 bits per heavy atom. The monoisotopic (exact) mass is 225 g/mol. The van der Waals surface area contributed by atoms with Crippen LogP contribution in [0, 0.1) is 19.7 Å². The molecule has 15 heavy (non-hydrogen) atoms. The van der Waals surface area contributed by atoms with Gasteiger partial charge < -0.3 is 4.42 Å². The molecule has 0 N–H and O–H groups in total. The van der Waals surface area contributed by atoms with E-state index in [1.54, 1.807) is 26.0 Å². The maximum atomic E-state index is 13.6. The Balaban J connectivity index is 2.68. The molecule has 4 heteroatoms. The van der Waals surface area contributed by atoms with Crippen molar-refractivity contribution in [2.75, 3.05) is 0 Å². The molecule has 2 nitrogen and oxygen atoms in total. The third-order valence-corrected chi connectivity index (χ3v) is 2.41. The molecular weight excluding hydrogens is 217 g/mol. The Morgan fingerprint density at radius 2 is 2.07 bits per heavy atom. The molecule has 0 bridgehead atoms. The van der Waals surface area contributed by atoms with Gasteiger partial charge >= 0.3 is 0 Å². The van der Waals surface area contributed by atoms with Gasteiger partial charge in [-0.3, -0.25) is 0 Å². The van der Waals surface area contributed by atoms with Gasteiger partial charge in [-0.05, 0) is 19.1 Å². The summed E-state index contributed by atoms with van der Waals surface area (Å²) in [5.41, 5.74) is 0.914. The van der Waals surface area contributed by atoms with Crippen LogP contribution in [0.4, 0.5) is 4.39 Å². The molecule has 0 fully saturated rings. The van der Waals surface area contributed by atoms with Gasteiger partial charge in [0.2, 0.25) is 0 Å². The zero-order valence-corrected chi connectivity index (χ0v) is 9.10. The maximum absolute atomic E-state index is 13.6. The number of hydrogen-bond donors (Lipinski definition) is 0. The molecule has 0 spiro atoms. The molecule has 0 aliphatic rings. The first-order valence-electron chi connectivity index (χ1n) is 4.48. The second-order valence-corrected chi connectivity index (χ2v) is 3.65. The first kappa shape index (κ1) is 10.2. The van der Waals surface area contributed by atoms with Crippen molar-refractivity contribution in [1.82, 2.24) is 4.98 Å². The average Bonchev–Trinajstić information content (AvgIpc) is 2.45. The molecule has 2 aromatic rings. The third kappa shape index (κ3) is 1.75. The number of aryl methyl sites for hydroxylation is 2. The lowest BCUT2D eigenvalue weighted by atomic mass is 10.1. The van der Waals surface area contributed by atoms with Crippen LogP contribution in [0.3, 0.4) is 0 Å². The summed E-state index contributed by atoms with van der Waals surface area (Å²) in [4.78, 5) is 4.08. The number of hydrogen-bond acceptors (Lipinski definition) is 2. The molecule has 0 amide bonds. The van der Waals surface area contributed by atoms with Crippen LogP contribution in [0.25, 0.3) is 11.3 Å². The molecule has 0 unspecified atom stereocenters. The molecule has 0 aliphatic heterocycles. The van der Waals surface area contributed by atoms with E-state index in [-0.39, 0.29) is 5.56 Å². The summed E-state index contributed by atoms with van der Waals surface area (Å²) in [6, 6.07) is 4.52. The molecule has 0 radical (unpaired) electrons. The van der Waals surface area contributed by atoms with Gasteiger partial charge in [0, 0.05) is 6.92 Å². The highest BCUT2D eigenvalue weighted by Gasteiger charge is 2.16. The van der Waals surface area contributed by atoms with Crippen molar-refractivity contribution in [3.05, 3.63) is 40.6 Å². The normalized spacial score (nSPS) is 10.7. The van der Waals surface area contributed by atoms with E-state index in [9.17, 15) is 4.39 Å². The Hall–Kier alpha value is -1.35. The predicted molar refractivity (Wildman–Crippen MR) is 56.4 cm³/mol. The van der Waals surface area contributed by atoms with E-state index in [1.165, 1.54) is 6.07 Å². The highest BCUT2D eigenvalue weighted by Crippen LogP contribution is 2.32. The van der Waals surface area contributed by atoms with Crippen LogP contribution in [0.15, 0.2) is 22.6 Å². The maximum Gasteiger partial charge on any atom is 0.192 e. The molecule has 0 aliphatic carbocycles. The van der Waals surface area contributed by atoms with Crippen molar-refractivity contribution in [2.45, 2.75) is 13.8 Å². The Kier molecular flexibility index (Phi) is 2.49. The number of halogens is 2. The third-order valence-electron chi connectivity index (χ3n) is 2.09. The van der Waals surface area contributed by atoms with E-state index in [2.05, 4.69) is 4.98 Å². The molecule has 1 heterocycles. The van der Waals surface area contributed by atoms with Crippen LogP contribution in [-0.4, -0.2) is 4.98 Å². The number of nitrogens with zero attached hydrogens (tertiary/aromatic N) is 1. The first-order chi connectivity index (χ1) is 7.09. The topological polar surface area (TPSA) is 26.0 Å². The molecular formula is C11H9ClFNO. The van der Waals surface area contributed by atoms with Crippen molar-refractivity contribution in [3.63, 3.8) is 0 Å². The molecule has 78 valence electrons. The summed E-state index contributed by atoms with van der Waals surface area (Å²) < 4.78 is 18.9. The summed E-state index contributed by atoms with van der Waals surface area (Å²) in [6.45, 7) is 3.47.